The van der Waals surface area contributed by atoms with Crippen LogP contribution in [-0.2, 0) is 9.53 Å². The molecule has 1 aromatic carbocycles. The van der Waals surface area contributed by atoms with Gasteiger partial charge in [0.1, 0.15) is 12.4 Å². The van der Waals surface area contributed by atoms with E-state index in [1.54, 1.807) is 38.4 Å². The van der Waals surface area contributed by atoms with Crippen molar-refractivity contribution in [1.82, 2.24) is 4.90 Å². The predicted octanol–water partition coefficient (Wildman–Crippen LogP) is 1.65. The molecule has 6 heteroatoms. The molecule has 0 aliphatic heterocycles. The molecule has 21 heavy (non-hydrogen) atoms. The normalized spacial score (nSPS) is 10.2. The van der Waals surface area contributed by atoms with Crippen molar-refractivity contribution in [1.29, 1.82) is 0 Å². The number of para-hydroxylation sites is 1. The van der Waals surface area contributed by atoms with Crippen LogP contribution in [0.15, 0.2) is 24.3 Å². The van der Waals surface area contributed by atoms with Gasteiger partial charge < -0.3 is 19.5 Å². The molecular weight excluding hydrogens is 274 g/mol. The van der Waals surface area contributed by atoms with Crippen LogP contribution in [0.3, 0.4) is 0 Å². The molecule has 0 aliphatic rings. The summed E-state index contributed by atoms with van der Waals surface area (Å²) in [5.74, 6) is -0.544. The van der Waals surface area contributed by atoms with Gasteiger partial charge in [-0.3, -0.25) is 9.59 Å². The van der Waals surface area contributed by atoms with Gasteiger partial charge in [-0.05, 0) is 18.6 Å². The number of benzene rings is 1. The number of nitrogens with zero attached hydrogens (tertiary/aromatic N) is 1. The van der Waals surface area contributed by atoms with Gasteiger partial charge in [-0.2, -0.15) is 0 Å². The van der Waals surface area contributed by atoms with Crippen molar-refractivity contribution in [2.75, 3.05) is 33.9 Å². The third-order valence-corrected chi connectivity index (χ3v) is 2.89. The van der Waals surface area contributed by atoms with Gasteiger partial charge in [0.25, 0.3) is 5.91 Å². The average Bonchev–Trinajstić information content (AvgIpc) is 2.47. The van der Waals surface area contributed by atoms with Gasteiger partial charge in [-0.25, -0.2) is 0 Å². The quantitative estimate of drug-likeness (QED) is 0.701. The maximum absolute atomic E-state index is 12.3. The van der Waals surface area contributed by atoms with Crippen LogP contribution < -0.4 is 4.74 Å². The number of methoxy groups -OCH3 is 1. The topological polar surface area (TPSA) is 76.1 Å². The Morgan fingerprint density at radius 2 is 1.95 bits per heavy atom. The van der Waals surface area contributed by atoms with E-state index in [0.29, 0.717) is 37.5 Å². The van der Waals surface area contributed by atoms with Crippen LogP contribution >= 0.6 is 0 Å². The average molecular weight is 295 g/mol. The zero-order chi connectivity index (χ0) is 15.7. The van der Waals surface area contributed by atoms with Crippen LogP contribution in [0, 0.1) is 0 Å². The van der Waals surface area contributed by atoms with E-state index in [9.17, 15) is 9.59 Å². The molecule has 0 saturated carbocycles. The Morgan fingerprint density at radius 1 is 1.24 bits per heavy atom. The van der Waals surface area contributed by atoms with Gasteiger partial charge in [0.15, 0.2) is 0 Å². The zero-order valence-corrected chi connectivity index (χ0v) is 12.4. The number of carboxylic acid groups (broad SMARTS) is 1. The fraction of sp³-hybridized carbons (Fsp3) is 0.467. The minimum absolute atomic E-state index is 0.0452. The van der Waals surface area contributed by atoms with Crippen molar-refractivity contribution in [2.24, 2.45) is 0 Å². The molecule has 116 valence electrons. The zero-order valence-electron chi connectivity index (χ0n) is 12.4. The molecule has 0 aliphatic carbocycles. The SMILES string of the molecule is COCCOc1ccccc1C(=O)N(C)CCCC(=O)O. The second kappa shape index (κ2) is 8.97. The summed E-state index contributed by atoms with van der Waals surface area (Å²) in [6, 6.07) is 6.98. The molecular formula is C15H21NO5. The maximum atomic E-state index is 12.3. The number of hydrogen-bond donors (Lipinski definition) is 1. The minimum atomic E-state index is -0.862. The van der Waals surface area contributed by atoms with Gasteiger partial charge in [-0.1, -0.05) is 12.1 Å². The second-order valence-electron chi connectivity index (χ2n) is 4.56. The molecule has 0 aromatic heterocycles. The lowest BCUT2D eigenvalue weighted by molar-refractivity contribution is -0.137. The van der Waals surface area contributed by atoms with Crippen molar-refractivity contribution in [3.63, 3.8) is 0 Å². The Bertz CT molecular complexity index is 475. The molecule has 0 heterocycles. The maximum Gasteiger partial charge on any atom is 0.303 e. The van der Waals surface area contributed by atoms with Crippen LogP contribution in [0.4, 0.5) is 0 Å². The summed E-state index contributed by atoms with van der Waals surface area (Å²) in [6.45, 7) is 1.19. The van der Waals surface area contributed by atoms with Gasteiger partial charge >= 0.3 is 5.97 Å². The monoisotopic (exact) mass is 295 g/mol. The Labute approximate surface area is 124 Å². The Kier molecular flexibility index (Phi) is 7.25. The lowest BCUT2D eigenvalue weighted by Crippen LogP contribution is -2.28. The van der Waals surface area contributed by atoms with Crippen LogP contribution in [-0.4, -0.2) is 55.8 Å². The van der Waals surface area contributed by atoms with E-state index in [2.05, 4.69) is 0 Å². The molecule has 1 amide bonds. The van der Waals surface area contributed by atoms with E-state index in [-0.39, 0.29) is 12.3 Å². The Hall–Kier alpha value is -2.08. The van der Waals surface area contributed by atoms with Gasteiger partial charge in [0.05, 0.1) is 12.2 Å². The molecule has 0 spiro atoms. The Balaban J connectivity index is 2.65. The molecule has 1 N–H and O–H groups in total. The first-order valence-corrected chi connectivity index (χ1v) is 6.74. The number of hydrogen-bond acceptors (Lipinski definition) is 4. The Morgan fingerprint density at radius 3 is 2.62 bits per heavy atom. The highest BCUT2D eigenvalue weighted by Crippen LogP contribution is 2.19. The van der Waals surface area contributed by atoms with Gasteiger partial charge in [0.2, 0.25) is 0 Å². The standard InChI is InChI=1S/C15H21NO5/c1-16(9-5-8-14(17)18)15(19)12-6-3-4-7-13(12)21-11-10-20-2/h3-4,6-7H,5,8-11H2,1-2H3,(H,17,18). The number of carbonyl (C=O) groups excluding carboxylic acids is 1. The molecule has 0 unspecified atom stereocenters. The first kappa shape index (κ1) is 17.0. The largest absolute Gasteiger partial charge is 0.490 e. The van der Waals surface area contributed by atoms with Gasteiger partial charge in [-0.15, -0.1) is 0 Å². The van der Waals surface area contributed by atoms with Crippen molar-refractivity contribution in [2.45, 2.75) is 12.8 Å². The molecule has 0 atom stereocenters. The van der Waals surface area contributed by atoms with Crippen molar-refractivity contribution < 1.29 is 24.2 Å². The van der Waals surface area contributed by atoms with E-state index < -0.39 is 5.97 Å². The number of carboxylic acids is 1. The number of ether oxygens (including phenoxy) is 2. The number of carbonyl (C=O) groups is 2. The summed E-state index contributed by atoms with van der Waals surface area (Å²) in [7, 11) is 3.23. The van der Waals surface area contributed by atoms with E-state index >= 15 is 0 Å². The lowest BCUT2D eigenvalue weighted by atomic mass is 10.1. The van der Waals surface area contributed by atoms with Gasteiger partial charge in [0, 0.05) is 27.1 Å². The fourth-order valence-corrected chi connectivity index (χ4v) is 1.78. The highest BCUT2D eigenvalue weighted by molar-refractivity contribution is 5.96. The predicted molar refractivity (Wildman–Crippen MR) is 77.6 cm³/mol. The molecule has 0 saturated heterocycles. The van der Waals surface area contributed by atoms with Crippen LogP contribution in [0.5, 0.6) is 5.75 Å². The fourth-order valence-electron chi connectivity index (χ4n) is 1.78. The highest BCUT2D eigenvalue weighted by atomic mass is 16.5. The minimum Gasteiger partial charge on any atom is -0.490 e. The molecule has 1 rings (SSSR count). The first-order chi connectivity index (χ1) is 10.1. The highest BCUT2D eigenvalue weighted by Gasteiger charge is 2.16. The summed E-state index contributed by atoms with van der Waals surface area (Å²) >= 11 is 0. The van der Waals surface area contributed by atoms with Crippen LogP contribution in [0.1, 0.15) is 23.2 Å². The van der Waals surface area contributed by atoms with E-state index in [4.69, 9.17) is 14.6 Å². The summed E-state index contributed by atoms with van der Waals surface area (Å²) < 4.78 is 10.4. The third kappa shape index (κ3) is 5.83. The van der Waals surface area contributed by atoms with E-state index in [1.807, 2.05) is 0 Å². The summed E-state index contributed by atoms with van der Waals surface area (Å²) in [5.41, 5.74) is 0.464. The van der Waals surface area contributed by atoms with Crippen LogP contribution in [0.25, 0.3) is 0 Å². The number of rotatable bonds is 9. The third-order valence-electron chi connectivity index (χ3n) is 2.89. The molecule has 0 bridgehead atoms. The molecule has 6 nitrogen and oxygen atoms in total. The summed E-state index contributed by atoms with van der Waals surface area (Å²) in [4.78, 5) is 24.3. The molecule has 0 fully saturated rings. The molecule has 1 aromatic rings. The van der Waals surface area contributed by atoms with E-state index in [1.165, 1.54) is 4.90 Å². The van der Waals surface area contributed by atoms with Crippen molar-refractivity contribution >= 4 is 11.9 Å². The van der Waals surface area contributed by atoms with Crippen molar-refractivity contribution in [3.05, 3.63) is 29.8 Å². The van der Waals surface area contributed by atoms with E-state index in [0.717, 1.165) is 0 Å². The van der Waals surface area contributed by atoms with Crippen molar-refractivity contribution in [3.8, 4) is 5.75 Å². The smallest absolute Gasteiger partial charge is 0.303 e. The lowest BCUT2D eigenvalue weighted by Gasteiger charge is -2.18. The van der Waals surface area contributed by atoms with Crippen LogP contribution in [0.2, 0.25) is 0 Å². The summed E-state index contributed by atoms with van der Waals surface area (Å²) in [6.07, 6.45) is 0.466. The number of amides is 1. The second-order valence-corrected chi connectivity index (χ2v) is 4.56. The first-order valence-electron chi connectivity index (χ1n) is 6.74. The summed E-state index contributed by atoms with van der Waals surface area (Å²) in [5, 5.41) is 8.61. The number of aliphatic carboxylic acids is 1. The molecule has 0 radical (unpaired) electrons.